The van der Waals surface area contributed by atoms with Gasteiger partial charge in [0.05, 0.1) is 39.4 Å². The number of aromatic nitrogens is 4. The number of rotatable bonds is 3. The van der Waals surface area contributed by atoms with E-state index in [0.717, 1.165) is 95.5 Å². The Labute approximate surface area is 370 Å². The third-order valence-corrected chi connectivity index (χ3v) is 14.2. The summed E-state index contributed by atoms with van der Waals surface area (Å²) >= 11 is 0. The minimum absolute atomic E-state index is 0.148. The molecule has 0 fully saturated rings. The average Bonchev–Trinajstić information content (AvgIpc) is 3.91. The van der Waals surface area contributed by atoms with Crippen molar-refractivity contribution in [1.82, 2.24) is 19.9 Å². The molecule has 3 aromatic heterocycles. The molecule has 64 heavy (non-hydrogen) atoms. The summed E-state index contributed by atoms with van der Waals surface area (Å²) < 4.78 is 7.19. The molecule has 300 valence electrons. The highest BCUT2D eigenvalue weighted by molar-refractivity contribution is 6.01. The van der Waals surface area contributed by atoms with Gasteiger partial charge >= 0.3 is 0 Å². The monoisotopic (exact) mass is 819 g/mol. The largest absolute Gasteiger partial charge is 0.452 e. The first-order chi connectivity index (χ1) is 31.5. The summed E-state index contributed by atoms with van der Waals surface area (Å²) in [6.07, 6.45) is 3.79. The van der Waals surface area contributed by atoms with Crippen molar-refractivity contribution >= 4 is 28.0 Å². The summed E-state index contributed by atoms with van der Waals surface area (Å²) in [5, 5.41) is 1.01. The minimum Gasteiger partial charge on any atom is -0.452 e. The summed E-state index contributed by atoms with van der Waals surface area (Å²) in [5.41, 5.74) is 19.5. The second-order valence-corrected chi connectivity index (χ2v) is 17.7. The lowest BCUT2D eigenvalue weighted by Crippen LogP contribution is -2.26. The maximum atomic E-state index is 7.19. The number of anilines is 3. The first-order valence-electron chi connectivity index (χ1n) is 21.9. The zero-order valence-corrected chi connectivity index (χ0v) is 35.0. The molecule has 1 aliphatic heterocycles. The van der Waals surface area contributed by atoms with Gasteiger partial charge in [-0.3, -0.25) is 9.97 Å². The molecule has 14 rings (SSSR count). The van der Waals surface area contributed by atoms with Gasteiger partial charge in [-0.2, -0.15) is 0 Å². The SMILES string of the molecule is CC1(C)c2ccccc2-c2ccc(N3c4ccccc4Oc4c3ccc3c4-c4ccccc4C34c3cccnc3-c3ncc(-c5nc(-c6ccccc6)c6ccccc6n5)cc34)cc21. The molecule has 0 radical (unpaired) electrons. The summed E-state index contributed by atoms with van der Waals surface area (Å²) in [4.78, 5) is 23.2. The lowest BCUT2D eigenvalue weighted by Gasteiger charge is -2.35. The first kappa shape index (κ1) is 35.4. The van der Waals surface area contributed by atoms with Crippen molar-refractivity contribution < 1.29 is 4.74 Å². The van der Waals surface area contributed by atoms with Crippen molar-refractivity contribution in [3.05, 3.63) is 222 Å². The second-order valence-electron chi connectivity index (χ2n) is 17.7. The van der Waals surface area contributed by atoms with Crippen LogP contribution in [0.2, 0.25) is 0 Å². The van der Waals surface area contributed by atoms with E-state index in [0.29, 0.717) is 5.82 Å². The average molecular weight is 820 g/mol. The van der Waals surface area contributed by atoms with Crippen LogP contribution >= 0.6 is 0 Å². The van der Waals surface area contributed by atoms with Gasteiger partial charge in [0, 0.05) is 51.1 Å². The van der Waals surface area contributed by atoms with E-state index in [1.54, 1.807) is 0 Å². The third-order valence-electron chi connectivity index (χ3n) is 14.2. The first-order valence-corrected chi connectivity index (χ1v) is 21.9. The zero-order chi connectivity index (χ0) is 42.3. The molecule has 3 aliphatic carbocycles. The van der Waals surface area contributed by atoms with Crippen LogP contribution in [-0.2, 0) is 10.8 Å². The number of para-hydroxylation sites is 3. The van der Waals surface area contributed by atoms with E-state index in [1.165, 1.54) is 27.8 Å². The van der Waals surface area contributed by atoms with E-state index < -0.39 is 5.41 Å². The molecule has 6 nitrogen and oxygen atoms in total. The maximum absolute atomic E-state index is 7.19. The third kappa shape index (κ3) is 4.53. The van der Waals surface area contributed by atoms with E-state index in [1.807, 2.05) is 36.7 Å². The van der Waals surface area contributed by atoms with Gasteiger partial charge in [-0.25, -0.2) is 9.97 Å². The Hall–Kier alpha value is -8.22. The van der Waals surface area contributed by atoms with Crippen LogP contribution in [0.25, 0.3) is 67.2 Å². The molecule has 6 heteroatoms. The number of fused-ring (bicyclic) bond motifs is 17. The van der Waals surface area contributed by atoms with Gasteiger partial charge in [0.25, 0.3) is 0 Å². The van der Waals surface area contributed by atoms with Crippen LogP contribution in [0.4, 0.5) is 17.1 Å². The Balaban J connectivity index is 1.00. The van der Waals surface area contributed by atoms with Crippen LogP contribution in [0, 0.1) is 0 Å². The molecule has 4 heterocycles. The number of ether oxygens (including phenoxy) is 1. The fourth-order valence-corrected chi connectivity index (χ4v) is 11.4. The summed E-state index contributed by atoms with van der Waals surface area (Å²) in [7, 11) is 0. The number of pyridine rings is 2. The number of hydrogen-bond donors (Lipinski definition) is 0. The summed E-state index contributed by atoms with van der Waals surface area (Å²) in [6, 6.07) is 62.7. The quantitative estimate of drug-likeness (QED) is 0.177. The van der Waals surface area contributed by atoms with E-state index in [4.69, 9.17) is 24.7 Å². The van der Waals surface area contributed by atoms with Crippen LogP contribution in [0.1, 0.15) is 47.2 Å². The summed E-state index contributed by atoms with van der Waals surface area (Å²) in [5.74, 6) is 2.27. The Morgan fingerprint density at radius 2 is 1.22 bits per heavy atom. The second kappa shape index (κ2) is 12.7. The Morgan fingerprint density at radius 1 is 0.484 bits per heavy atom. The minimum atomic E-state index is -0.740. The number of hydrogen-bond acceptors (Lipinski definition) is 6. The van der Waals surface area contributed by atoms with Crippen molar-refractivity contribution in [3.8, 4) is 67.8 Å². The van der Waals surface area contributed by atoms with Crippen LogP contribution < -0.4 is 9.64 Å². The molecule has 7 aromatic carbocycles. The molecule has 0 N–H and O–H groups in total. The van der Waals surface area contributed by atoms with Crippen molar-refractivity contribution in [2.24, 2.45) is 0 Å². The molecule has 1 atom stereocenters. The Bertz CT molecular complexity index is 3650. The van der Waals surface area contributed by atoms with Crippen LogP contribution in [0.15, 0.2) is 188 Å². The zero-order valence-electron chi connectivity index (χ0n) is 35.0. The normalized spacial score (nSPS) is 16.2. The molecule has 0 saturated heterocycles. The molecule has 1 spiro atoms. The van der Waals surface area contributed by atoms with Gasteiger partial charge < -0.3 is 9.64 Å². The highest BCUT2D eigenvalue weighted by Gasteiger charge is 2.54. The number of benzene rings is 7. The molecule has 4 aliphatic rings. The van der Waals surface area contributed by atoms with Gasteiger partial charge in [-0.15, -0.1) is 0 Å². The highest BCUT2D eigenvalue weighted by Crippen LogP contribution is 2.67. The van der Waals surface area contributed by atoms with Crippen molar-refractivity contribution in [1.29, 1.82) is 0 Å². The van der Waals surface area contributed by atoms with Gasteiger partial charge in [-0.05, 0) is 93.0 Å². The van der Waals surface area contributed by atoms with Gasteiger partial charge in [0.1, 0.15) is 0 Å². The predicted molar refractivity (Wildman–Crippen MR) is 255 cm³/mol. The van der Waals surface area contributed by atoms with Crippen LogP contribution in [-0.4, -0.2) is 19.9 Å². The molecule has 0 amide bonds. The number of nitrogens with zero attached hydrogens (tertiary/aromatic N) is 5. The molecular formula is C58H37N5O. The van der Waals surface area contributed by atoms with E-state index in [2.05, 4.69) is 170 Å². The van der Waals surface area contributed by atoms with Crippen molar-refractivity contribution in [2.45, 2.75) is 24.7 Å². The predicted octanol–water partition coefficient (Wildman–Crippen LogP) is 14.0. The van der Waals surface area contributed by atoms with Gasteiger partial charge in [-0.1, -0.05) is 141 Å². The lowest BCUT2D eigenvalue weighted by atomic mass is 9.71. The highest BCUT2D eigenvalue weighted by atomic mass is 16.5. The van der Waals surface area contributed by atoms with Crippen molar-refractivity contribution in [3.63, 3.8) is 0 Å². The summed E-state index contributed by atoms with van der Waals surface area (Å²) in [6.45, 7) is 4.68. The maximum Gasteiger partial charge on any atom is 0.161 e. The van der Waals surface area contributed by atoms with E-state index in [9.17, 15) is 0 Å². The Morgan fingerprint density at radius 3 is 2.12 bits per heavy atom. The molecular weight excluding hydrogens is 783 g/mol. The fourth-order valence-electron chi connectivity index (χ4n) is 11.4. The molecule has 1 unspecified atom stereocenters. The van der Waals surface area contributed by atoms with Crippen LogP contribution in [0.3, 0.4) is 0 Å². The standard InChI is InChI=1S/C58H37N5O/c1-57(2)41-20-9-6-17-37(41)38-27-26-36(32-45(38)57)63-48-24-12-13-25-50(48)64-55-49(63)29-28-43-51(55)39-18-7-10-21-42(39)58(43)44-22-14-30-59-53(44)54-46(58)31-35(33-60-54)56-61-47-23-11-8-19-40(47)52(62-56)34-15-4-3-5-16-34/h3-33H,1-2H3. The molecule has 0 bridgehead atoms. The van der Waals surface area contributed by atoms with E-state index >= 15 is 0 Å². The lowest BCUT2D eigenvalue weighted by molar-refractivity contribution is 0.478. The smallest absolute Gasteiger partial charge is 0.161 e. The van der Waals surface area contributed by atoms with Crippen LogP contribution in [0.5, 0.6) is 11.5 Å². The van der Waals surface area contributed by atoms with E-state index in [-0.39, 0.29) is 5.41 Å². The van der Waals surface area contributed by atoms with Gasteiger partial charge in [0.2, 0.25) is 0 Å². The van der Waals surface area contributed by atoms with Gasteiger partial charge in [0.15, 0.2) is 17.3 Å². The molecule has 0 saturated carbocycles. The Kier molecular flexibility index (Phi) is 7.01. The fraction of sp³-hybridized carbons (Fsp3) is 0.0690. The van der Waals surface area contributed by atoms with Crippen molar-refractivity contribution in [2.75, 3.05) is 4.90 Å². The topological polar surface area (TPSA) is 64.0 Å². The molecule has 10 aromatic rings.